The summed E-state index contributed by atoms with van der Waals surface area (Å²) in [6.45, 7) is 2.25. The first-order valence-corrected chi connectivity index (χ1v) is 9.23. The lowest BCUT2D eigenvalue weighted by Crippen LogP contribution is -2.45. The Kier molecular flexibility index (Phi) is 5.22. The highest BCUT2D eigenvalue weighted by Crippen LogP contribution is 2.34. The number of hydrogen-bond acceptors (Lipinski definition) is 4. The first-order valence-electron chi connectivity index (χ1n) is 7.34. The van der Waals surface area contributed by atoms with Crippen molar-refractivity contribution >= 4 is 10.0 Å². The molecule has 1 heterocycles. The van der Waals surface area contributed by atoms with E-state index in [4.69, 9.17) is 0 Å². The van der Waals surface area contributed by atoms with Gasteiger partial charge in [0.2, 0.25) is 10.0 Å². The highest BCUT2D eigenvalue weighted by Gasteiger charge is 2.36. The van der Waals surface area contributed by atoms with Crippen LogP contribution in [0.4, 0.5) is 0 Å². The minimum absolute atomic E-state index is 0.165. The van der Waals surface area contributed by atoms with E-state index in [-0.39, 0.29) is 6.10 Å². The van der Waals surface area contributed by atoms with Crippen molar-refractivity contribution in [1.82, 2.24) is 9.62 Å². The maximum absolute atomic E-state index is 11.1. The molecule has 112 valence electrons. The predicted octanol–water partition coefficient (Wildman–Crippen LogP) is 0.551. The molecule has 2 aliphatic rings. The summed E-state index contributed by atoms with van der Waals surface area (Å²) in [5, 5.41) is 10.2. The topological polar surface area (TPSA) is 69.6 Å². The van der Waals surface area contributed by atoms with Crippen LogP contribution in [0.3, 0.4) is 0 Å². The maximum Gasteiger partial charge on any atom is 0.208 e. The minimum Gasteiger partial charge on any atom is -0.393 e. The quantitative estimate of drug-likeness (QED) is 0.776. The van der Waals surface area contributed by atoms with E-state index >= 15 is 0 Å². The third-order valence-electron chi connectivity index (χ3n) is 4.45. The Morgan fingerprint density at radius 3 is 2.63 bits per heavy atom. The number of rotatable bonds is 5. The number of hydrogen-bond donors (Lipinski definition) is 2. The van der Waals surface area contributed by atoms with Crippen LogP contribution in [-0.2, 0) is 10.0 Å². The van der Waals surface area contributed by atoms with Gasteiger partial charge in [0.15, 0.2) is 0 Å². The molecule has 19 heavy (non-hydrogen) atoms. The number of likely N-dealkylation sites (tertiary alicyclic amines) is 1. The Morgan fingerprint density at radius 1 is 1.21 bits per heavy atom. The second-order valence-corrected chi connectivity index (χ2v) is 7.76. The molecule has 1 aliphatic carbocycles. The van der Waals surface area contributed by atoms with E-state index in [2.05, 4.69) is 9.62 Å². The van der Waals surface area contributed by atoms with Gasteiger partial charge < -0.3 is 5.11 Å². The van der Waals surface area contributed by atoms with Crippen molar-refractivity contribution in [3.8, 4) is 0 Å². The van der Waals surface area contributed by atoms with Gasteiger partial charge in [-0.1, -0.05) is 12.8 Å². The lowest BCUT2D eigenvalue weighted by molar-refractivity contribution is 0.0227. The molecule has 1 saturated carbocycles. The number of aliphatic hydroxyl groups is 1. The van der Waals surface area contributed by atoms with Gasteiger partial charge in [0.05, 0.1) is 12.4 Å². The second-order valence-electron chi connectivity index (χ2n) is 5.93. The number of sulfonamides is 1. The van der Waals surface area contributed by atoms with Gasteiger partial charge in [-0.05, 0) is 32.2 Å². The second kappa shape index (κ2) is 6.52. The molecule has 0 bridgehead atoms. The molecule has 2 fully saturated rings. The Hall–Kier alpha value is -0.170. The van der Waals surface area contributed by atoms with Gasteiger partial charge in [-0.25, -0.2) is 13.1 Å². The van der Waals surface area contributed by atoms with Crippen molar-refractivity contribution in [2.24, 2.45) is 5.92 Å². The molecule has 1 aliphatic heterocycles. The molecule has 0 spiro atoms. The van der Waals surface area contributed by atoms with Crippen LogP contribution >= 0.6 is 0 Å². The highest BCUT2D eigenvalue weighted by molar-refractivity contribution is 7.88. The molecule has 2 rings (SSSR count). The molecule has 3 atom stereocenters. The zero-order valence-electron chi connectivity index (χ0n) is 11.7. The molecule has 0 radical (unpaired) electrons. The Balaban J connectivity index is 1.86. The third kappa shape index (κ3) is 4.41. The lowest BCUT2D eigenvalue weighted by atomic mass is 9.80. The standard InChI is InChI=1S/C13H26N2O3S/c1-19(17,18)14-8-10-15-9-4-6-12(15)11-5-2-3-7-13(11)16/h11-14,16H,2-10H2,1H3/t11-,12-,13-/m1/s1. The first kappa shape index (κ1) is 15.2. The molecular formula is C13H26N2O3S. The van der Waals surface area contributed by atoms with Crippen LogP contribution in [0, 0.1) is 5.92 Å². The fraction of sp³-hybridized carbons (Fsp3) is 1.00. The van der Waals surface area contributed by atoms with Crippen LogP contribution in [0.15, 0.2) is 0 Å². The van der Waals surface area contributed by atoms with Crippen LogP contribution in [0.1, 0.15) is 38.5 Å². The zero-order valence-corrected chi connectivity index (χ0v) is 12.5. The minimum atomic E-state index is -3.09. The highest BCUT2D eigenvalue weighted by atomic mass is 32.2. The van der Waals surface area contributed by atoms with Crippen molar-refractivity contribution in [2.75, 3.05) is 25.9 Å². The van der Waals surface area contributed by atoms with Gasteiger partial charge in [0.1, 0.15) is 0 Å². The van der Waals surface area contributed by atoms with Crippen molar-refractivity contribution in [2.45, 2.75) is 50.7 Å². The Bertz CT molecular complexity index is 385. The normalized spacial score (nSPS) is 33.7. The van der Waals surface area contributed by atoms with Crippen molar-refractivity contribution < 1.29 is 13.5 Å². The summed E-state index contributed by atoms with van der Waals surface area (Å²) < 4.78 is 24.7. The maximum atomic E-state index is 11.1. The van der Waals surface area contributed by atoms with Gasteiger partial charge in [-0.2, -0.15) is 0 Å². The summed E-state index contributed by atoms with van der Waals surface area (Å²) in [6, 6.07) is 0.441. The summed E-state index contributed by atoms with van der Waals surface area (Å²) in [5.74, 6) is 0.384. The largest absolute Gasteiger partial charge is 0.393 e. The van der Waals surface area contributed by atoms with E-state index in [1.807, 2.05) is 0 Å². The fourth-order valence-electron chi connectivity index (χ4n) is 3.58. The van der Waals surface area contributed by atoms with E-state index in [1.54, 1.807) is 0 Å². The fourth-order valence-corrected chi connectivity index (χ4v) is 4.04. The molecule has 6 heteroatoms. The van der Waals surface area contributed by atoms with Crippen LogP contribution in [-0.4, -0.2) is 56.5 Å². The molecule has 0 amide bonds. The number of nitrogens with zero attached hydrogens (tertiary/aromatic N) is 1. The molecule has 2 N–H and O–H groups in total. The van der Waals surface area contributed by atoms with E-state index in [1.165, 1.54) is 12.7 Å². The number of nitrogens with one attached hydrogen (secondary N) is 1. The SMILES string of the molecule is CS(=O)(=O)NCCN1CCC[C@@H]1[C@H]1CCCC[C@H]1O. The van der Waals surface area contributed by atoms with Gasteiger partial charge in [-0.3, -0.25) is 4.90 Å². The summed E-state index contributed by atoms with van der Waals surface area (Å²) in [7, 11) is -3.09. The molecule has 0 aromatic heterocycles. The smallest absolute Gasteiger partial charge is 0.208 e. The summed E-state index contributed by atoms with van der Waals surface area (Å²) in [5.41, 5.74) is 0. The molecule has 0 aromatic carbocycles. The van der Waals surface area contributed by atoms with Crippen LogP contribution in [0.2, 0.25) is 0 Å². The van der Waals surface area contributed by atoms with Gasteiger partial charge >= 0.3 is 0 Å². The van der Waals surface area contributed by atoms with Crippen LogP contribution < -0.4 is 4.72 Å². The average molecular weight is 290 g/mol. The lowest BCUT2D eigenvalue weighted by Gasteiger charge is -2.37. The van der Waals surface area contributed by atoms with Gasteiger partial charge in [0.25, 0.3) is 0 Å². The molecular weight excluding hydrogens is 264 g/mol. The molecule has 0 unspecified atom stereocenters. The van der Waals surface area contributed by atoms with Crippen molar-refractivity contribution in [1.29, 1.82) is 0 Å². The number of aliphatic hydroxyl groups excluding tert-OH is 1. The summed E-state index contributed by atoms with van der Waals surface area (Å²) >= 11 is 0. The van der Waals surface area contributed by atoms with Crippen LogP contribution in [0.25, 0.3) is 0 Å². The molecule has 0 aromatic rings. The molecule has 1 saturated heterocycles. The van der Waals surface area contributed by atoms with Crippen LogP contribution in [0.5, 0.6) is 0 Å². The summed E-state index contributed by atoms with van der Waals surface area (Å²) in [4.78, 5) is 2.36. The Labute approximate surface area is 116 Å². The predicted molar refractivity (Wildman–Crippen MR) is 75.4 cm³/mol. The van der Waals surface area contributed by atoms with Crippen molar-refractivity contribution in [3.63, 3.8) is 0 Å². The van der Waals surface area contributed by atoms with Gasteiger partial charge in [-0.15, -0.1) is 0 Å². The third-order valence-corrected chi connectivity index (χ3v) is 5.18. The zero-order chi connectivity index (χ0) is 13.9. The molecule has 5 nitrogen and oxygen atoms in total. The van der Waals surface area contributed by atoms with E-state index in [0.29, 0.717) is 18.5 Å². The Morgan fingerprint density at radius 2 is 1.95 bits per heavy atom. The summed E-state index contributed by atoms with van der Waals surface area (Å²) in [6.07, 6.45) is 7.72. The average Bonchev–Trinajstić information content (AvgIpc) is 2.76. The van der Waals surface area contributed by atoms with Gasteiger partial charge in [0, 0.05) is 25.0 Å². The first-order chi connectivity index (χ1) is 8.97. The van der Waals surface area contributed by atoms with E-state index in [9.17, 15) is 13.5 Å². The van der Waals surface area contributed by atoms with E-state index < -0.39 is 10.0 Å². The van der Waals surface area contributed by atoms with E-state index in [0.717, 1.165) is 45.2 Å². The van der Waals surface area contributed by atoms with Crippen molar-refractivity contribution in [3.05, 3.63) is 0 Å². The monoisotopic (exact) mass is 290 g/mol.